The van der Waals surface area contributed by atoms with Crippen molar-refractivity contribution < 1.29 is 5.11 Å². The van der Waals surface area contributed by atoms with E-state index in [1.807, 2.05) is 12.1 Å². The number of aryl methyl sites for hydroxylation is 3. The third-order valence-corrected chi connectivity index (χ3v) is 4.48. The lowest BCUT2D eigenvalue weighted by Crippen LogP contribution is -2.09. The highest BCUT2D eigenvalue weighted by molar-refractivity contribution is 9.10. The minimum Gasteiger partial charge on any atom is -0.508 e. The Kier molecular flexibility index (Phi) is 3.47. The zero-order chi connectivity index (χ0) is 14.3. The zero-order valence-electron chi connectivity index (χ0n) is 11.7. The summed E-state index contributed by atoms with van der Waals surface area (Å²) in [6.07, 6.45) is 2.10. The molecule has 1 atom stereocenters. The van der Waals surface area contributed by atoms with Gasteiger partial charge in [-0.2, -0.15) is 0 Å². The average molecular weight is 332 g/mol. The molecule has 1 unspecified atom stereocenters. The Morgan fingerprint density at radius 2 is 1.85 bits per heavy atom. The lowest BCUT2D eigenvalue weighted by Gasteiger charge is -2.20. The molecule has 2 N–H and O–H groups in total. The molecule has 0 fully saturated rings. The Morgan fingerprint density at radius 1 is 1.15 bits per heavy atom. The molecule has 20 heavy (non-hydrogen) atoms. The SMILES string of the molecule is Cc1cc(Br)cc(C)c1NC1CCc2cc(O)ccc21. The fourth-order valence-electron chi connectivity index (χ4n) is 3.07. The van der Waals surface area contributed by atoms with Crippen molar-refractivity contribution in [1.29, 1.82) is 0 Å². The van der Waals surface area contributed by atoms with Crippen LogP contribution in [0.5, 0.6) is 5.75 Å². The van der Waals surface area contributed by atoms with Gasteiger partial charge in [0.25, 0.3) is 0 Å². The molecule has 0 amide bonds. The lowest BCUT2D eigenvalue weighted by molar-refractivity contribution is 0.474. The molecule has 2 aromatic rings. The highest BCUT2D eigenvalue weighted by atomic mass is 79.9. The maximum absolute atomic E-state index is 9.57. The summed E-state index contributed by atoms with van der Waals surface area (Å²) in [5, 5.41) is 13.2. The van der Waals surface area contributed by atoms with Crippen LogP contribution in [0.25, 0.3) is 0 Å². The summed E-state index contributed by atoms with van der Waals surface area (Å²) in [6.45, 7) is 4.26. The molecule has 0 spiro atoms. The highest BCUT2D eigenvalue weighted by Crippen LogP contribution is 2.37. The second-order valence-electron chi connectivity index (χ2n) is 5.53. The quantitative estimate of drug-likeness (QED) is 0.822. The molecule has 0 bridgehead atoms. The largest absolute Gasteiger partial charge is 0.508 e. The van der Waals surface area contributed by atoms with E-state index in [4.69, 9.17) is 0 Å². The van der Waals surface area contributed by atoms with Crippen molar-refractivity contribution >= 4 is 21.6 Å². The number of phenols is 1. The molecule has 0 saturated carbocycles. The van der Waals surface area contributed by atoms with Crippen LogP contribution in [0.4, 0.5) is 5.69 Å². The Morgan fingerprint density at radius 3 is 2.55 bits per heavy atom. The van der Waals surface area contributed by atoms with Gasteiger partial charge in [0.15, 0.2) is 0 Å². The topological polar surface area (TPSA) is 32.3 Å². The summed E-state index contributed by atoms with van der Waals surface area (Å²) in [6, 6.07) is 10.3. The Bertz CT molecular complexity index is 643. The molecule has 0 saturated heterocycles. The summed E-state index contributed by atoms with van der Waals surface area (Å²) in [4.78, 5) is 0. The number of benzene rings is 2. The van der Waals surface area contributed by atoms with Crippen LogP contribution in [0.3, 0.4) is 0 Å². The Balaban J connectivity index is 1.91. The first kappa shape index (κ1) is 13.5. The Hall–Kier alpha value is -1.48. The van der Waals surface area contributed by atoms with E-state index < -0.39 is 0 Å². The van der Waals surface area contributed by atoms with Crippen molar-refractivity contribution in [2.75, 3.05) is 5.32 Å². The lowest BCUT2D eigenvalue weighted by atomic mass is 10.0. The number of halogens is 1. The number of hydrogen-bond acceptors (Lipinski definition) is 2. The van der Waals surface area contributed by atoms with E-state index in [-0.39, 0.29) is 0 Å². The predicted molar refractivity (Wildman–Crippen MR) is 86.4 cm³/mol. The molecule has 2 aromatic carbocycles. The summed E-state index contributed by atoms with van der Waals surface area (Å²) >= 11 is 3.54. The van der Waals surface area contributed by atoms with Crippen molar-refractivity contribution in [1.82, 2.24) is 0 Å². The van der Waals surface area contributed by atoms with E-state index in [1.54, 1.807) is 6.07 Å². The molecule has 1 aliphatic rings. The van der Waals surface area contributed by atoms with Gasteiger partial charge in [-0.25, -0.2) is 0 Å². The summed E-state index contributed by atoms with van der Waals surface area (Å²) in [5.41, 5.74) is 6.30. The minimum atomic E-state index is 0.337. The first-order chi connectivity index (χ1) is 9.54. The number of anilines is 1. The maximum atomic E-state index is 9.57. The molecular formula is C17H18BrNO. The molecule has 0 radical (unpaired) electrons. The van der Waals surface area contributed by atoms with Crippen LogP contribution >= 0.6 is 15.9 Å². The van der Waals surface area contributed by atoms with E-state index in [1.165, 1.54) is 27.9 Å². The van der Waals surface area contributed by atoms with Gasteiger partial charge in [0, 0.05) is 10.2 Å². The molecule has 2 nitrogen and oxygen atoms in total. The number of hydrogen-bond donors (Lipinski definition) is 2. The van der Waals surface area contributed by atoms with Crippen LogP contribution in [0.15, 0.2) is 34.8 Å². The number of rotatable bonds is 2. The number of nitrogens with one attached hydrogen (secondary N) is 1. The average Bonchev–Trinajstić information content (AvgIpc) is 2.76. The van der Waals surface area contributed by atoms with Gasteiger partial charge in [-0.3, -0.25) is 0 Å². The van der Waals surface area contributed by atoms with Gasteiger partial charge >= 0.3 is 0 Å². The third-order valence-electron chi connectivity index (χ3n) is 4.02. The smallest absolute Gasteiger partial charge is 0.115 e. The zero-order valence-corrected chi connectivity index (χ0v) is 13.3. The fourth-order valence-corrected chi connectivity index (χ4v) is 3.75. The van der Waals surface area contributed by atoms with Gasteiger partial charge in [0.2, 0.25) is 0 Å². The molecule has 0 aliphatic heterocycles. The second kappa shape index (κ2) is 5.13. The van der Waals surface area contributed by atoms with Crippen LogP contribution in [0.2, 0.25) is 0 Å². The summed E-state index contributed by atoms with van der Waals surface area (Å²) in [5.74, 6) is 0.361. The fraction of sp³-hybridized carbons (Fsp3) is 0.294. The van der Waals surface area contributed by atoms with E-state index >= 15 is 0 Å². The number of fused-ring (bicyclic) bond motifs is 1. The van der Waals surface area contributed by atoms with Gasteiger partial charge in [0.05, 0.1) is 6.04 Å². The van der Waals surface area contributed by atoms with Crippen molar-refractivity contribution in [3.05, 3.63) is 57.1 Å². The first-order valence-electron chi connectivity index (χ1n) is 6.89. The van der Waals surface area contributed by atoms with Gasteiger partial charge < -0.3 is 10.4 Å². The standard InChI is InChI=1S/C17H18BrNO/c1-10-7-13(18)8-11(2)17(10)19-16-6-3-12-9-14(20)4-5-15(12)16/h4-5,7-9,16,19-20H,3,6H2,1-2H3. The van der Waals surface area contributed by atoms with E-state index in [0.29, 0.717) is 11.8 Å². The molecule has 1 aliphatic carbocycles. The molecule has 0 heterocycles. The predicted octanol–water partition coefficient (Wildman–Crippen LogP) is 4.87. The highest BCUT2D eigenvalue weighted by Gasteiger charge is 2.23. The maximum Gasteiger partial charge on any atom is 0.115 e. The normalized spacial score (nSPS) is 17.1. The summed E-state index contributed by atoms with van der Waals surface area (Å²) < 4.78 is 1.12. The number of phenolic OH excluding ortho intramolecular Hbond substituents is 1. The van der Waals surface area contributed by atoms with Gasteiger partial charge in [0.1, 0.15) is 5.75 Å². The van der Waals surface area contributed by atoms with Crippen LogP contribution in [-0.4, -0.2) is 5.11 Å². The van der Waals surface area contributed by atoms with Gasteiger partial charge in [-0.05, 0) is 73.2 Å². The number of aromatic hydroxyl groups is 1. The Labute approximate surface area is 128 Å². The van der Waals surface area contributed by atoms with Crippen LogP contribution in [0, 0.1) is 13.8 Å². The monoisotopic (exact) mass is 331 g/mol. The van der Waals surface area contributed by atoms with E-state index in [0.717, 1.165) is 17.3 Å². The van der Waals surface area contributed by atoms with Crippen LogP contribution in [0.1, 0.15) is 34.7 Å². The molecule has 0 aromatic heterocycles. The van der Waals surface area contributed by atoms with Crippen molar-refractivity contribution in [3.8, 4) is 5.75 Å². The van der Waals surface area contributed by atoms with Crippen LogP contribution < -0.4 is 5.32 Å². The van der Waals surface area contributed by atoms with Gasteiger partial charge in [-0.1, -0.05) is 22.0 Å². The van der Waals surface area contributed by atoms with Crippen molar-refractivity contribution in [3.63, 3.8) is 0 Å². The molecular weight excluding hydrogens is 314 g/mol. The molecule has 104 valence electrons. The van der Waals surface area contributed by atoms with E-state index in [9.17, 15) is 5.11 Å². The van der Waals surface area contributed by atoms with Crippen molar-refractivity contribution in [2.24, 2.45) is 0 Å². The summed E-state index contributed by atoms with van der Waals surface area (Å²) in [7, 11) is 0. The molecule has 3 rings (SSSR count). The first-order valence-corrected chi connectivity index (χ1v) is 7.69. The third kappa shape index (κ3) is 2.42. The van der Waals surface area contributed by atoms with E-state index in [2.05, 4.69) is 47.2 Å². The van der Waals surface area contributed by atoms with Gasteiger partial charge in [-0.15, -0.1) is 0 Å². The second-order valence-corrected chi connectivity index (χ2v) is 6.45. The van der Waals surface area contributed by atoms with Crippen molar-refractivity contribution in [2.45, 2.75) is 32.7 Å². The molecule has 3 heteroatoms. The van der Waals surface area contributed by atoms with Crippen LogP contribution in [-0.2, 0) is 6.42 Å². The minimum absolute atomic E-state index is 0.337.